The third-order valence-electron chi connectivity index (χ3n) is 4.01. The van der Waals surface area contributed by atoms with E-state index in [1.165, 1.54) is 11.3 Å². The summed E-state index contributed by atoms with van der Waals surface area (Å²) < 4.78 is 27.6. The standard InChI is InChI=1S/C16H21N3O2S2/c1-11-9-19(13(3)8-17-11)23(20,21)15-6-4-5-14(7-15)16-18-12(2)10-22-16/h4-7,10-11,13,17H,8-9H2,1-3H3. The van der Waals surface area contributed by atoms with Crippen LogP contribution in [0, 0.1) is 6.92 Å². The second-order valence-electron chi connectivity index (χ2n) is 6.05. The lowest BCUT2D eigenvalue weighted by Crippen LogP contribution is -2.56. The number of thiazole rings is 1. The molecule has 2 aromatic rings. The second-order valence-corrected chi connectivity index (χ2v) is 8.80. The maximum atomic E-state index is 13.0. The predicted octanol–water partition coefficient (Wildman–Crippen LogP) is 2.49. The zero-order chi connectivity index (χ0) is 16.6. The third kappa shape index (κ3) is 3.33. The highest BCUT2D eigenvalue weighted by atomic mass is 32.2. The van der Waals surface area contributed by atoms with Crippen LogP contribution in [0.2, 0.25) is 0 Å². The van der Waals surface area contributed by atoms with Gasteiger partial charge in [0, 0.05) is 41.8 Å². The van der Waals surface area contributed by atoms with E-state index >= 15 is 0 Å². The van der Waals surface area contributed by atoms with Gasteiger partial charge in [-0.2, -0.15) is 4.31 Å². The molecule has 0 radical (unpaired) electrons. The fourth-order valence-corrected chi connectivity index (χ4v) is 5.29. The van der Waals surface area contributed by atoms with Crippen LogP contribution < -0.4 is 5.32 Å². The summed E-state index contributed by atoms with van der Waals surface area (Å²) in [5.74, 6) is 0. The molecule has 1 aliphatic heterocycles. The quantitative estimate of drug-likeness (QED) is 0.923. The summed E-state index contributed by atoms with van der Waals surface area (Å²) in [4.78, 5) is 4.78. The lowest BCUT2D eigenvalue weighted by molar-refractivity contribution is 0.244. The molecule has 23 heavy (non-hydrogen) atoms. The number of aryl methyl sites for hydroxylation is 1. The van der Waals surface area contributed by atoms with Crippen LogP contribution in [0.5, 0.6) is 0 Å². The maximum absolute atomic E-state index is 13.0. The van der Waals surface area contributed by atoms with Gasteiger partial charge >= 0.3 is 0 Å². The van der Waals surface area contributed by atoms with Crippen molar-refractivity contribution in [1.29, 1.82) is 0 Å². The molecule has 0 spiro atoms. The van der Waals surface area contributed by atoms with Gasteiger partial charge in [0.2, 0.25) is 10.0 Å². The molecule has 1 aliphatic rings. The minimum absolute atomic E-state index is 0.0537. The van der Waals surface area contributed by atoms with Crippen LogP contribution >= 0.6 is 11.3 Å². The van der Waals surface area contributed by atoms with E-state index in [0.29, 0.717) is 18.0 Å². The van der Waals surface area contributed by atoms with Crippen molar-refractivity contribution in [1.82, 2.24) is 14.6 Å². The number of hydrogen-bond acceptors (Lipinski definition) is 5. The molecule has 1 N–H and O–H groups in total. The molecular formula is C16H21N3O2S2. The molecule has 0 saturated carbocycles. The number of nitrogens with one attached hydrogen (secondary N) is 1. The van der Waals surface area contributed by atoms with Gasteiger partial charge in [-0.15, -0.1) is 11.3 Å². The van der Waals surface area contributed by atoms with E-state index in [1.54, 1.807) is 22.5 Å². The minimum Gasteiger partial charge on any atom is -0.311 e. The first-order valence-electron chi connectivity index (χ1n) is 7.65. The molecule has 5 nitrogen and oxygen atoms in total. The first-order valence-corrected chi connectivity index (χ1v) is 9.97. The van der Waals surface area contributed by atoms with Crippen LogP contribution in [-0.2, 0) is 10.0 Å². The Morgan fingerprint density at radius 1 is 1.35 bits per heavy atom. The van der Waals surface area contributed by atoms with Crippen molar-refractivity contribution in [2.45, 2.75) is 37.8 Å². The number of nitrogens with zero attached hydrogens (tertiary/aromatic N) is 2. The molecule has 2 atom stereocenters. The first kappa shape index (κ1) is 16.6. The number of rotatable bonds is 3. The first-order chi connectivity index (χ1) is 10.9. The Morgan fingerprint density at radius 2 is 2.13 bits per heavy atom. The average Bonchev–Trinajstić information content (AvgIpc) is 2.96. The van der Waals surface area contributed by atoms with Crippen LogP contribution in [0.3, 0.4) is 0 Å². The monoisotopic (exact) mass is 351 g/mol. The number of piperazine rings is 1. The van der Waals surface area contributed by atoms with Crippen molar-refractivity contribution in [3.8, 4) is 10.6 Å². The predicted molar refractivity (Wildman–Crippen MR) is 93.1 cm³/mol. The summed E-state index contributed by atoms with van der Waals surface area (Å²) in [5.41, 5.74) is 1.79. The van der Waals surface area contributed by atoms with Gasteiger partial charge in [-0.3, -0.25) is 0 Å². The zero-order valence-corrected chi connectivity index (χ0v) is 15.1. The topological polar surface area (TPSA) is 62.3 Å². The molecule has 2 unspecified atom stereocenters. The van der Waals surface area contributed by atoms with Crippen LogP contribution in [0.25, 0.3) is 10.6 Å². The largest absolute Gasteiger partial charge is 0.311 e. The number of benzene rings is 1. The fraction of sp³-hybridized carbons (Fsp3) is 0.438. The highest BCUT2D eigenvalue weighted by Gasteiger charge is 2.33. The van der Waals surface area contributed by atoms with E-state index in [9.17, 15) is 8.42 Å². The molecule has 1 fully saturated rings. The summed E-state index contributed by atoms with van der Waals surface area (Å²) in [6.07, 6.45) is 0. The van der Waals surface area contributed by atoms with Crippen LogP contribution in [0.4, 0.5) is 0 Å². The van der Waals surface area contributed by atoms with Crippen molar-refractivity contribution < 1.29 is 8.42 Å². The minimum atomic E-state index is -3.50. The SMILES string of the molecule is Cc1csc(-c2cccc(S(=O)(=O)N3CC(C)NCC3C)c2)n1. The van der Waals surface area contributed by atoms with Gasteiger partial charge in [0.25, 0.3) is 0 Å². The van der Waals surface area contributed by atoms with Crippen molar-refractivity contribution in [3.05, 3.63) is 35.3 Å². The van der Waals surface area contributed by atoms with E-state index in [-0.39, 0.29) is 12.1 Å². The highest BCUT2D eigenvalue weighted by molar-refractivity contribution is 7.89. The van der Waals surface area contributed by atoms with Crippen molar-refractivity contribution in [2.75, 3.05) is 13.1 Å². The van der Waals surface area contributed by atoms with Crippen LogP contribution in [0.15, 0.2) is 34.5 Å². The third-order valence-corrected chi connectivity index (χ3v) is 7.00. The van der Waals surface area contributed by atoms with E-state index < -0.39 is 10.0 Å². The molecule has 7 heteroatoms. The van der Waals surface area contributed by atoms with Crippen LogP contribution in [0.1, 0.15) is 19.5 Å². The van der Waals surface area contributed by atoms with Gasteiger partial charge in [-0.1, -0.05) is 12.1 Å². The van der Waals surface area contributed by atoms with Crippen molar-refractivity contribution in [2.24, 2.45) is 0 Å². The Kier molecular flexibility index (Phi) is 4.55. The molecule has 124 valence electrons. The molecule has 1 aromatic heterocycles. The van der Waals surface area contributed by atoms with E-state index in [1.807, 2.05) is 32.2 Å². The lowest BCUT2D eigenvalue weighted by Gasteiger charge is -2.36. The Morgan fingerprint density at radius 3 is 2.83 bits per heavy atom. The Labute approximate surface area is 141 Å². The van der Waals surface area contributed by atoms with Gasteiger partial charge in [-0.25, -0.2) is 13.4 Å². The number of sulfonamides is 1. The van der Waals surface area contributed by atoms with Gasteiger partial charge in [0.15, 0.2) is 0 Å². The summed E-state index contributed by atoms with van der Waals surface area (Å²) in [6, 6.07) is 7.19. The van der Waals surface area contributed by atoms with Gasteiger partial charge in [-0.05, 0) is 32.9 Å². The lowest BCUT2D eigenvalue weighted by atomic mass is 10.2. The smallest absolute Gasteiger partial charge is 0.243 e. The van der Waals surface area contributed by atoms with Crippen LogP contribution in [-0.4, -0.2) is 42.9 Å². The zero-order valence-electron chi connectivity index (χ0n) is 13.5. The Balaban J connectivity index is 1.97. The fourth-order valence-electron chi connectivity index (χ4n) is 2.73. The molecule has 1 aromatic carbocycles. The summed E-state index contributed by atoms with van der Waals surface area (Å²) in [7, 11) is -3.50. The molecule has 0 amide bonds. The van der Waals surface area contributed by atoms with Gasteiger partial charge in [0.1, 0.15) is 5.01 Å². The normalized spacial score (nSPS) is 23.1. The highest BCUT2D eigenvalue weighted by Crippen LogP contribution is 2.28. The number of hydrogen-bond donors (Lipinski definition) is 1. The van der Waals surface area contributed by atoms with Gasteiger partial charge in [0.05, 0.1) is 4.90 Å². The van der Waals surface area contributed by atoms with Crippen molar-refractivity contribution >= 4 is 21.4 Å². The molecule has 2 heterocycles. The Bertz CT molecular complexity index is 801. The molecule has 1 saturated heterocycles. The summed E-state index contributed by atoms with van der Waals surface area (Å²) in [6.45, 7) is 7.04. The molecule has 0 bridgehead atoms. The number of aromatic nitrogens is 1. The van der Waals surface area contributed by atoms with Crippen molar-refractivity contribution in [3.63, 3.8) is 0 Å². The van der Waals surface area contributed by atoms with E-state index in [0.717, 1.165) is 16.3 Å². The average molecular weight is 351 g/mol. The second kappa shape index (κ2) is 6.32. The molecule has 0 aliphatic carbocycles. The summed E-state index contributed by atoms with van der Waals surface area (Å²) >= 11 is 1.53. The maximum Gasteiger partial charge on any atom is 0.243 e. The van der Waals surface area contributed by atoms with E-state index in [4.69, 9.17) is 0 Å². The molecular weight excluding hydrogens is 330 g/mol. The van der Waals surface area contributed by atoms with E-state index in [2.05, 4.69) is 10.3 Å². The molecule has 3 rings (SSSR count). The van der Waals surface area contributed by atoms with Gasteiger partial charge < -0.3 is 5.32 Å². The summed E-state index contributed by atoms with van der Waals surface area (Å²) in [5, 5.41) is 6.13. The Hall–Kier alpha value is -1.28.